The van der Waals surface area contributed by atoms with Crippen LogP contribution in [0.15, 0.2) is 24.3 Å². The second kappa shape index (κ2) is 8.02. The van der Waals surface area contributed by atoms with Gasteiger partial charge in [0.15, 0.2) is 0 Å². The highest BCUT2D eigenvalue weighted by Gasteiger charge is 2.10. The topological polar surface area (TPSA) is 12.5 Å². The van der Waals surface area contributed by atoms with Crippen LogP contribution in [-0.4, -0.2) is 20.7 Å². The van der Waals surface area contributed by atoms with Crippen molar-refractivity contribution in [2.24, 2.45) is 5.92 Å². The van der Waals surface area contributed by atoms with Crippen LogP contribution in [0.2, 0.25) is 0 Å². The Morgan fingerprint density at radius 2 is 2.06 bits per heavy atom. The minimum atomic E-state index is 0.793. The van der Waals surface area contributed by atoms with Crippen LogP contribution in [0.3, 0.4) is 0 Å². The van der Waals surface area contributed by atoms with Crippen LogP contribution in [0.25, 0.3) is 0 Å². The van der Waals surface area contributed by atoms with Gasteiger partial charge in [-0.1, -0.05) is 39.2 Å². The lowest BCUT2D eigenvalue weighted by atomic mass is 9.98. The van der Waals surface area contributed by atoms with Gasteiger partial charge in [0.2, 0.25) is 0 Å². The molecule has 0 aliphatic carbocycles. The van der Waals surface area contributed by atoms with Gasteiger partial charge in [0.05, 0.1) is 7.11 Å². The van der Waals surface area contributed by atoms with Gasteiger partial charge in [0.25, 0.3) is 0 Å². The Labute approximate surface area is 112 Å². The van der Waals surface area contributed by atoms with Crippen molar-refractivity contribution >= 4 is 5.69 Å². The summed E-state index contributed by atoms with van der Waals surface area (Å²) >= 11 is 0. The van der Waals surface area contributed by atoms with Crippen molar-refractivity contribution in [3.05, 3.63) is 24.3 Å². The maximum atomic E-state index is 5.27. The van der Waals surface area contributed by atoms with Crippen LogP contribution >= 0.6 is 0 Å². The average molecular weight is 249 g/mol. The maximum Gasteiger partial charge on any atom is 0.120 e. The first kappa shape index (κ1) is 14.9. The summed E-state index contributed by atoms with van der Waals surface area (Å²) in [6, 6.07) is 8.30. The molecule has 0 fully saturated rings. The average Bonchev–Trinajstić information content (AvgIpc) is 2.43. The largest absolute Gasteiger partial charge is 0.497 e. The summed E-state index contributed by atoms with van der Waals surface area (Å²) in [6.07, 6.45) is 5.22. The van der Waals surface area contributed by atoms with Crippen molar-refractivity contribution in [2.75, 3.05) is 25.6 Å². The normalized spacial score (nSPS) is 12.2. The summed E-state index contributed by atoms with van der Waals surface area (Å²) < 4.78 is 5.27. The molecule has 0 aromatic heterocycles. The number of benzene rings is 1. The Balaban J connectivity index is 2.59. The molecule has 1 aromatic rings. The molecule has 2 heteroatoms. The van der Waals surface area contributed by atoms with E-state index in [-0.39, 0.29) is 0 Å². The van der Waals surface area contributed by atoms with Gasteiger partial charge in [0.1, 0.15) is 5.75 Å². The van der Waals surface area contributed by atoms with Crippen molar-refractivity contribution in [3.8, 4) is 5.75 Å². The molecule has 0 bridgehead atoms. The smallest absolute Gasteiger partial charge is 0.120 e. The number of unbranched alkanes of at least 4 members (excludes halogenated alkanes) is 1. The Morgan fingerprint density at radius 3 is 2.67 bits per heavy atom. The zero-order chi connectivity index (χ0) is 13.4. The molecule has 0 aliphatic rings. The number of nitrogens with zero attached hydrogens (tertiary/aromatic N) is 1. The van der Waals surface area contributed by atoms with Gasteiger partial charge in [-0.15, -0.1) is 0 Å². The molecule has 0 saturated carbocycles. The quantitative estimate of drug-likeness (QED) is 0.679. The molecule has 0 aliphatic heterocycles. The molecular weight excluding hydrogens is 222 g/mol. The zero-order valence-electron chi connectivity index (χ0n) is 12.3. The number of anilines is 1. The SMILES string of the molecule is CCCCC(CC)CN(C)c1cccc(OC)c1. The molecule has 18 heavy (non-hydrogen) atoms. The highest BCUT2D eigenvalue weighted by molar-refractivity contribution is 5.50. The molecule has 0 heterocycles. The molecule has 1 rings (SSSR count). The monoisotopic (exact) mass is 249 g/mol. The molecule has 1 atom stereocenters. The predicted octanol–water partition coefficient (Wildman–Crippen LogP) is 4.35. The van der Waals surface area contributed by atoms with E-state index in [1.165, 1.54) is 31.4 Å². The third kappa shape index (κ3) is 4.59. The van der Waals surface area contributed by atoms with Crippen LogP contribution in [0.1, 0.15) is 39.5 Å². The maximum absolute atomic E-state index is 5.27. The first-order valence-corrected chi connectivity index (χ1v) is 7.06. The van der Waals surface area contributed by atoms with Gasteiger partial charge in [-0.3, -0.25) is 0 Å². The molecule has 0 radical (unpaired) electrons. The highest BCUT2D eigenvalue weighted by Crippen LogP contribution is 2.22. The summed E-state index contributed by atoms with van der Waals surface area (Å²) in [5.74, 6) is 1.72. The number of rotatable bonds is 8. The van der Waals surface area contributed by atoms with E-state index in [1.54, 1.807) is 7.11 Å². The van der Waals surface area contributed by atoms with Gasteiger partial charge in [-0.25, -0.2) is 0 Å². The molecule has 102 valence electrons. The van der Waals surface area contributed by atoms with E-state index in [1.807, 2.05) is 6.07 Å². The van der Waals surface area contributed by atoms with Gasteiger partial charge < -0.3 is 9.64 Å². The Morgan fingerprint density at radius 1 is 1.28 bits per heavy atom. The summed E-state index contributed by atoms with van der Waals surface area (Å²) in [7, 11) is 3.89. The first-order valence-electron chi connectivity index (χ1n) is 7.06. The molecule has 0 N–H and O–H groups in total. The fourth-order valence-corrected chi connectivity index (χ4v) is 2.26. The van der Waals surface area contributed by atoms with Gasteiger partial charge in [0, 0.05) is 25.3 Å². The lowest BCUT2D eigenvalue weighted by Gasteiger charge is -2.25. The number of methoxy groups -OCH3 is 1. The van der Waals surface area contributed by atoms with Gasteiger partial charge in [-0.2, -0.15) is 0 Å². The zero-order valence-corrected chi connectivity index (χ0v) is 12.3. The Kier molecular flexibility index (Phi) is 6.63. The molecule has 0 spiro atoms. The Hall–Kier alpha value is -1.18. The van der Waals surface area contributed by atoms with E-state index >= 15 is 0 Å². The number of ether oxygens (including phenoxy) is 1. The minimum absolute atomic E-state index is 0.793. The summed E-state index contributed by atoms with van der Waals surface area (Å²) in [5, 5.41) is 0. The van der Waals surface area contributed by atoms with Crippen LogP contribution < -0.4 is 9.64 Å². The molecule has 1 unspecified atom stereocenters. The van der Waals surface area contributed by atoms with Crippen LogP contribution in [0.4, 0.5) is 5.69 Å². The van der Waals surface area contributed by atoms with Crippen molar-refractivity contribution in [1.82, 2.24) is 0 Å². The summed E-state index contributed by atoms with van der Waals surface area (Å²) in [4.78, 5) is 2.34. The van der Waals surface area contributed by atoms with Crippen molar-refractivity contribution in [3.63, 3.8) is 0 Å². The van der Waals surface area contributed by atoms with E-state index in [0.717, 1.165) is 18.2 Å². The van der Waals surface area contributed by atoms with E-state index in [4.69, 9.17) is 4.74 Å². The van der Waals surface area contributed by atoms with Crippen LogP contribution in [-0.2, 0) is 0 Å². The van der Waals surface area contributed by atoms with Crippen LogP contribution in [0.5, 0.6) is 5.75 Å². The standard InChI is InChI=1S/C16H27NO/c1-5-7-9-14(6-2)13-17(3)15-10-8-11-16(12-15)18-4/h8,10-12,14H,5-7,9,13H2,1-4H3. The molecule has 0 saturated heterocycles. The molecule has 0 amide bonds. The molecular formula is C16H27NO. The second-order valence-electron chi connectivity index (χ2n) is 5.00. The molecule has 2 nitrogen and oxygen atoms in total. The lowest BCUT2D eigenvalue weighted by Crippen LogP contribution is -2.25. The molecule has 1 aromatic carbocycles. The van der Waals surface area contributed by atoms with Crippen molar-refractivity contribution in [1.29, 1.82) is 0 Å². The second-order valence-corrected chi connectivity index (χ2v) is 5.00. The van der Waals surface area contributed by atoms with E-state index in [2.05, 4.69) is 44.0 Å². The summed E-state index contributed by atoms with van der Waals surface area (Å²) in [6.45, 7) is 5.68. The predicted molar refractivity (Wildman–Crippen MR) is 79.6 cm³/mol. The van der Waals surface area contributed by atoms with E-state index in [0.29, 0.717) is 0 Å². The third-order valence-corrected chi connectivity index (χ3v) is 3.57. The summed E-state index contributed by atoms with van der Waals surface area (Å²) in [5.41, 5.74) is 1.24. The number of hydrogen-bond donors (Lipinski definition) is 0. The Bertz CT molecular complexity index is 338. The minimum Gasteiger partial charge on any atom is -0.497 e. The van der Waals surface area contributed by atoms with E-state index < -0.39 is 0 Å². The highest BCUT2D eigenvalue weighted by atomic mass is 16.5. The van der Waals surface area contributed by atoms with E-state index in [9.17, 15) is 0 Å². The van der Waals surface area contributed by atoms with Crippen molar-refractivity contribution in [2.45, 2.75) is 39.5 Å². The first-order chi connectivity index (χ1) is 8.71. The van der Waals surface area contributed by atoms with Gasteiger partial charge >= 0.3 is 0 Å². The lowest BCUT2D eigenvalue weighted by molar-refractivity contribution is 0.414. The number of hydrogen-bond acceptors (Lipinski definition) is 2. The van der Waals surface area contributed by atoms with Crippen molar-refractivity contribution < 1.29 is 4.74 Å². The fourth-order valence-electron chi connectivity index (χ4n) is 2.26. The third-order valence-electron chi connectivity index (χ3n) is 3.57. The van der Waals surface area contributed by atoms with Crippen LogP contribution in [0, 0.1) is 5.92 Å². The fraction of sp³-hybridized carbons (Fsp3) is 0.625. The van der Waals surface area contributed by atoms with Gasteiger partial charge in [-0.05, 0) is 24.5 Å².